The Hall–Kier alpha value is -0.910. The van der Waals surface area contributed by atoms with Crippen molar-refractivity contribution in [3.05, 3.63) is 11.6 Å². The standard InChI is InChI=1S/C12H16O5/c1-11-8(10(13)14-2)7-12(17-16-11)6-4-3-5-9(12)15-11/h7,9H,3-6H2,1-2H3/t9-,11+,12-/m1/s1. The number of rotatable bonds is 1. The van der Waals surface area contributed by atoms with Gasteiger partial charge in [-0.25, -0.2) is 9.68 Å². The maximum absolute atomic E-state index is 11.7. The lowest BCUT2D eigenvalue weighted by atomic mass is 9.77. The third kappa shape index (κ3) is 1.46. The lowest BCUT2D eigenvalue weighted by Gasteiger charge is -2.53. The molecule has 2 fully saturated rings. The summed E-state index contributed by atoms with van der Waals surface area (Å²) < 4.78 is 10.6. The predicted molar refractivity (Wildman–Crippen MR) is 56.7 cm³/mol. The fraction of sp³-hybridized carbons (Fsp3) is 0.750. The SMILES string of the molecule is COC(=O)C1=C[C@]23CCCC[C@H]2O[C@@]1(C)OO3. The van der Waals surface area contributed by atoms with Gasteiger partial charge in [-0.2, -0.15) is 4.89 Å². The molecule has 3 atom stereocenters. The van der Waals surface area contributed by atoms with Crippen LogP contribution in [0.4, 0.5) is 0 Å². The maximum atomic E-state index is 11.7. The van der Waals surface area contributed by atoms with E-state index in [1.807, 2.05) is 6.08 Å². The summed E-state index contributed by atoms with van der Waals surface area (Å²) in [5.74, 6) is -1.55. The molecule has 1 saturated heterocycles. The molecule has 4 rings (SSSR count). The molecule has 0 aromatic carbocycles. The van der Waals surface area contributed by atoms with E-state index in [1.165, 1.54) is 7.11 Å². The minimum absolute atomic E-state index is 0.0246. The van der Waals surface area contributed by atoms with Gasteiger partial charge in [0.25, 0.3) is 0 Å². The van der Waals surface area contributed by atoms with Crippen molar-refractivity contribution in [2.45, 2.75) is 50.1 Å². The molecule has 5 nitrogen and oxygen atoms in total. The topological polar surface area (TPSA) is 54.0 Å². The van der Waals surface area contributed by atoms with Crippen molar-refractivity contribution in [1.29, 1.82) is 0 Å². The Bertz CT molecular complexity index is 390. The van der Waals surface area contributed by atoms with Crippen LogP contribution < -0.4 is 0 Å². The zero-order chi connectivity index (χ0) is 12.1. The molecule has 0 aromatic heterocycles. The van der Waals surface area contributed by atoms with Gasteiger partial charge in [0, 0.05) is 0 Å². The second-order valence-corrected chi connectivity index (χ2v) is 4.97. The van der Waals surface area contributed by atoms with Crippen LogP contribution in [-0.2, 0) is 24.0 Å². The highest BCUT2D eigenvalue weighted by atomic mass is 17.3. The Balaban J connectivity index is 2.03. The molecule has 1 spiro atoms. The quantitative estimate of drug-likeness (QED) is 0.513. The predicted octanol–water partition coefficient (Wildman–Crippen LogP) is 1.48. The van der Waals surface area contributed by atoms with Crippen LogP contribution in [0.1, 0.15) is 32.6 Å². The van der Waals surface area contributed by atoms with Gasteiger partial charge in [0.2, 0.25) is 5.79 Å². The largest absolute Gasteiger partial charge is 0.466 e. The Morgan fingerprint density at radius 3 is 3.06 bits per heavy atom. The second-order valence-electron chi connectivity index (χ2n) is 4.97. The molecule has 3 heterocycles. The summed E-state index contributed by atoms with van der Waals surface area (Å²) in [4.78, 5) is 22.5. The van der Waals surface area contributed by atoms with Gasteiger partial charge in [-0.3, -0.25) is 0 Å². The first-order valence-electron chi connectivity index (χ1n) is 5.96. The van der Waals surface area contributed by atoms with E-state index < -0.39 is 17.4 Å². The molecule has 0 aromatic rings. The summed E-state index contributed by atoms with van der Waals surface area (Å²) in [7, 11) is 1.35. The van der Waals surface area contributed by atoms with E-state index in [0.29, 0.717) is 5.57 Å². The highest BCUT2D eigenvalue weighted by Crippen LogP contribution is 2.49. The fourth-order valence-corrected chi connectivity index (χ4v) is 2.87. The normalized spacial score (nSPS) is 43.9. The summed E-state index contributed by atoms with van der Waals surface area (Å²) in [5, 5.41) is 0. The van der Waals surface area contributed by atoms with Crippen molar-refractivity contribution >= 4 is 5.97 Å². The molecule has 17 heavy (non-hydrogen) atoms. The molecular formula is C12H16O5. The van der Waals surface area contributed by atoms with E-state index in [2.05, 4.69) is 0 Å². The van der Waals surface area contributed by atoms with Crippen LogP contribution in [0.3, 0.4) is 0 Å². The summed E-state index contributed by atoms with van der Waals surface area (Å²) in [5.41, 5.74) is -0.191. The van der Waals surface area contributed by atoms with Crippen LogP contribution in [0, 0.1) is 0 Å². The Morgan fingerprint density at radius 1 is 1.47 bits per heavy atom. The van der Waals surface area contributed by atoms with Gasteiger partial charge >= 0.3 is 5.97 Å². The summed E-state index contributed by atoms with van der Waals surface area (Å²) >= 11 is 0. The number of fused-ring (bicyclic) bond motifs is 1. The van der Waals surface area contributed by atoms with Gasteiger partial charge in [-0.1, -0.05) is 6.42 Å². The van der Waals surface area contributed by atoms with Crippen molar-refractivity contribution in [1.82, 2.24) is 0 Å². The molecule has 94 valence electrons. The Kier molecular flexibility index (Phi) is 2.33. The van der Waals surface area contributed by atoms with Gasteiger partial charge < -0.3 is 9.47 Å². The van der Waals surface area contributed by atoms with Crippen LogP contribution in [0.5, 0.6) is 0 Å². The summed E-state index contributed by atoms with van der Waals surface area (Å²) in [6.07, 6.45) is 5.73. The van der Waals surface area contributed by atoms with E-state index in [0.717, 1.165) is 25.7 Å². The molecule has 2 bridgehead atoms. The van der Waals surface area contributed by atoms with Gasteiger partial charge in [0.15, 0.2) is 0 Å². The third-order valence-electron chi connectivity index (χ3n) is 3.84. The number of methoxy groups -OCH3 is 1. The van der Waals surface area contributed by atoms with Gasteiger partial charge in [-0.05, 0) is 32.3 Å². The molecule has 0 radical (unpaired) electrons. The summed E-state index contributed by atoms with van der Waals surface area (Å²) in [6.45, 7) is 1.69. The smallest absolute Gasteiger partial charge is 0.339 e. The minimum atomic E-state index is -1.13. The Morgan fingerprint density at radius 2 is 2.29 bits per heavy atom. The molecule has 5 heteroatoms. The zero-order valence-electron chi connectivity index (χ0n) is 10.0. The van der Waals surface area contributed by atoms with Crippen LogP contribution in [0.25, 0.3) is 0 Å². The lowest BCUT2D eigenvalue weighted by Crippen LogP contribution is -2.63. The molecule has 0 N–H and O–H groups in total. The molecular weight excluding hydrogens is 224 g/mol. The number of hydrogen-bond donors (Lipinski definition) is 0. The lowest BCUT2D eigenvalue weighted by molar-refractivity contribution is -0.517. The molecule has 3 aliphatic heterocycles. The van der Waals surface area contributed by atoms with Crippen molar-refractivity contribution in [2.24, 2.45) is 0 Å². The average molecular weight is 240 g/mol. The molecule has 1 aliphatic carbocycles. The molecule has 4 aliphatic rings. The van der Waals surface area contributed by atoms with Crippen LogP contribution in [0.2, 0.25) is 0 Å². The van der Waals surface area contributed by atoms with E-state index in [1.54, 1.807) is 6.92 Å². The molecule has 0 unspecified atom stereocenters. The van der Waals surface area contributed by atoms with E-state index in [9.17, 15) is 4.79 Å². The van der Waals surface area contributed by atoms with Crippen LogP contribution >= 0.6 is 0 Å². The van der Waals surface area contributed by atoms with Gasteiger partial charge in [0.1, 0.15) is 5.60 Å². The van der Waals surface area contributed by atoms with Crippen molar-refractivity contribution in [3.63, 3.8) is 0 Å². The number of carbonyl (C=O) groups is 1. The van der Waals surface area contributed by atoms with Crippen molar-refractivity contribution in [3.8, 4) is 0 Å². The number of esters is 1. The van der Waals surface area contributed by atoms with Crippen molar-refractivity contribution in [2.75, 3.05) is 7.11 Å². The van der Waals surface area contributed by atoms with E-state index >= 15 is 0 Å². The highest BCUT2D eigenvalue weighted by Gasteiger charge is 2.59. The van der Waals surface area contributed by atoms with E-state index in [4.69, 9.17) is 19.2 Å². The molecule has 0 amide bonds. The number of carbonyl (C=O) groups excluding carboxylic acids is 1. The fourth-order valence-electron chi connectivity index (χ4n) is 2.87. The second kappa shape index (κ2) is 3.54. The first kappa shape index (κ1) is 11.2. The summed E-state index contributed by atoms with van der Waals surface area (Å²) in [6, 6.07) is 0. The zero-order valence-corrected chi connectivity index (χ0v) is 10.0. The van der Waals surface area contributed by atoms with Crippen LogP contribution in [0.15, 0.2) is 11.6 Å². The van der Waals surface area contributed by atoms with Gasteiger partial charge in [0.05, 0.1) is 18.8 Å². The first-order chi connectivity index (χ1) is 8.10. The average Bonchev–Trinajstić information content (AvgIpc) is 2.36. The first-order valence-corrected chi connectivity index (χ1v) is 5.96. The maximum Gasteiger partial charge on any atom is 0.339 e. The minimum Gasteiger partial charge on any atom is -0.466 e. The number of ether oxygens (including phenoxy) is 2. The monoisotopic (exact) mass is 240 g/mol. The Labute approximate surface area is 99.6 Å². The number of hydrogen-bond acceptors (Lipinski definition) is 5. The van der Waals surface area contributed by atoms with Crippen LogP contribution in [-0.4, -0.2) is 30.6 Å². The highest BCUT2D eigenvalue weighted by molar-refractivity contribution is 5.90. The van der Waals surface area contributed by atoms with E-state index in [-0.39, 0.29) is 6.10 Å². The van der Waals surface area contributed by atoms with Gasteiger partial charge in [-0.15, -0.1) is 0 Å². The van der Waals surface area contributed by atoms with Crippen molar-refractivity contribution < 1.29 is 24.0 Å². The third-order valence-corrected chi connectivity index (χ3v) is 3.84. The molecule has 1 saturated carbocycles.